The Balaban J connectivity index is 1.77. The normalized spacial score (nSPS) is 14.3. The predicted molar refractivity (Wildman–Crippen MR) is 174 cm³/mol. The summed E-state index contributed by atoms with van der Waals surface area (Å²) in [7, 11) is 6.27. The molecule has 0 fully saturated rings. The lowest BCUT2D eigenvalue weighted by molar-refractivity contribution is -0.122. The molecule has 240 valence electrons. The summed E-state index contributed by atoms with van der Waals surface area (Å²) in [6.45, 7) is 5.85. The number of rotatable bonds is 12. The standard InChI is InChI=1S/C35H43N3O7/c1-20(2)16-29(35(41)36-19-22-8-11-24(42-4)12-9-22)38-28-15-13-25-26(18-30(28)40)27(37-21(3)39)14-10-23-17-31(43-5)33(44-6)34(45-7)32(23)25/h8-9,11-13,15,17-18,20,27,29H,10,14,16,19H2,1-7H3,(H,36,41)(H,37,39)(H,38,40)/t27-,29-/m0/s1. The largest absolute Gasteiger partial charge is 0.497 e. The lowest BCUT2D eigenvalue weighted by Crippen LogP contribution is -2.41. The van der Waals surface area contributed by atoms with Gasteiger partial charge in [0.15, 0.2) is 11.5 Å². The maximum absolute atomic E-state index is 13.8. The van der Waals surface area contributed by atoms with Gasteiger partial charge in [-0.15, -0.1) is 0 Å². The van der Waals surface area contributed by atoms with Gasteiger partial charge in [-0.05, 0) is 77.8 Å². The summed E-state index contributed by atoms with van der Waals surface area (Å²) < 4.78 is 22.4. The molecule has 2 atom stereocenters. The van der Waals surface area contributed by atoms with Crippen molar-refractivity contribution in [3.8, 4) is 34.1 Å². The molecule has 3 N–H and O–H groups in total. The molecule has 3 aromatic rings. The van der Waals surface area contributed by atoms with Gasteiger partial charge in [0.25, 0.3) is 0 Å². The molecule has 45 heavy (non-hydrogen) atoms. The quantitative estimate of drug-likeness (QED) is 0.259. The number of aryl methyl sites for hydroxylation is 1. The molecule has 0 spiro atoms. The molecule has 0 heterocycles. The summed E-state index contributed by atoms with van der Waals surface area (Å²) in [6.07, 6.45) is 1.65. The Morgan fingerprint density at radius 2 is 1.62 bits per heavy atom. The van der Waals surface area contributed by atoms with Crippen LogP contribution < -0.4 is 40.3 Å². The second-order valence-corrected chi connectivity index (χ2v) is 11.5. The van der Waals surface area contributed by atoms with Gasteiger partial charge < -0.3 is 34.9 Å². The Morgan fingerprint density at radius 3 is 2.22 bits per heavy atom. The number of ether oxygens (including phenoxy) is 4. The number of carbonyl (C=O) groups is 2. The minimum absolute atomic E-state index is 0.182. The number of anilines is 1. The van der Waals surface area contributed by atoms with Gasteiger partial charge in [-0.1, -0.05) is 32.0 Å². The average Bonchev–Trinajstić information content (AvgIpc) is 3.26. The van der Waals surface area contributed by atoms with Crippen molar-refractivity contribution in [3.63, 3.8) is 0 Å². The van der Waals surface area contributed by atoms with Crippen molar-refractivity contribution in [2.75, 3.05) is 33.8 Å². The van der Waals surface area contributed by atoms with Gasteiger partial charge in [0.05, 0.1) is 40.2 Å². The van der Waals surface area contributed by atoms with Crippen LogP contribution >= 0.6 is 0 Å². The molecular formula is C35H43N3O7. The van der Waals surface area contributed by atoms with Crippen LogP contribution in [0.25, 0.3) is 11.1 Å². The molecule has 2 amide bonds. The van der Waals surface area contributed by atoms with Gasteiger partial charge in [-0.3, -0.25) is 14.4 Å². The maximum atomic E-state index is 13.8. The number of fused-ring (bicyclic) bond motifs is 3. The number of nitrogens with one attached hydrogen (secondary N) is 3. The van der Waals surface area contributed by atoms with Crippen LogP contribution in [0.5, 0.6) is 23.0 Å². The van der Waals surface area contributed by atoms with E-state index in [0.717, 1.165) is 22.4 Å². The first-order chi connectivity index (χ1) is 21.6. The Labute approximate surface area is 264 Å². The third-order valence-electron chi connectivity index (χ3n) is 7.90. The van der Waals surface area contributed by atoms with E-state index < -0.39 is 12.1 Å². The topological polar surface area (TPSA) is 124 Å². The molecule has 0 saturated heterocycles. The van der Waals surface area contributed by atoms with E-state index in [1.54, 1.807) is 40.6 Å². The van der Waals surface area contributed by atoms with E-state index >= 15 is 0 Å². The van der Waals surface area contributed by atoms with Gasteiger partial charge in [0.1, 0.15) is 11.8 Å². The zero-order valence-corrected chi connectivity index (χ0v) is 27.0. The summed E-state index contributed by atoms with van der Waals surface area (Å²) >= 11 is 0. The van der Waals surface area contributed by atoms with Crippen molar-refractivity contribution in [2.24, 2.45) is 5.92 Å². The zero-order chi connectivity index (χ0) is 32.7. The summed E-state index contributed by atoms with van der Waals surface area (Å²) in [6, 6.07) is 13.4. The molecule has 0 saturated carbocycles. The van der Waals surface area contributed by atoms with Gasteiger partial charge in [0.2, 0.25) is 23.0 Å². The molecule has 0 bridgehead atoms. The Bertz CT molecular complexity index is 1590. The number of benzene rings is 2. The molecular weight excluding hydrogens is 574 g/mol. The number of amides is 2. The average molecular weight is 618 g/mol. The first-order valence-electron chi connectivity index (χ1n) is 15.0. The molecule has 0 aromatic heterocycles. The van der Waals surface area contributed by atoms with Gasteiger partial charge in [-0.2, -0.15) is 0 Å². The van der Waals surface area contributed by atoms with Crippen molar-refractivity contribution in [2.45, 2.75) is 58.7 Å². The molecule has 10 heteroatoms. The Hall–Kier alpha value is -4.73. The number of carbonyl (C=O) groups excluding carboxylic acids is 2. The number of hydrogen-bond acceptors (Lipinski definition) is 8. The predicted octanol–water partition coefficient (Wildman–Crippen LogP) is 5.01. The lowest BCUT2D eigenvalue weighted by Gasteiger charge is -2.21. The fourth-order valence-electron chi connectivity index (χ4n) is 5.77. The summed E-state index contributed by atoms with van der Waals surface area (Å²) in [5.41, 5.74) is 3.96. The van der Waals surface area contributed by atoms with Crippen LogP contribution in [0, 0.1) is 5.92 Å². The van der Waals surface area contributed by atoms with Crippen molar-refractivity contribution < 1.29 is 28.5 Å². The fraction of sp³-hybridized carbons (Fsp3) is 0.400. The van der Waals surface area contributed by atoms with Crippen molar-refractivity contribution in [1.82, 2.24) is 10.6 Å². The van der Waals surface area contributed by atoms with Crippen LogP contribution in [0.3, 0.4) is 0 Å². The Morgan fingerprint density at radius 1 is 0.911 bits per heavy atom. The van der Waals surface area contributed by atoms with E-state index in [2.05, 4.69) is 16.0 Å². The highest BCUT2D eigenvalue weighted by molar-refractivity contribution is 5.86. The molecule has 3 aromatic carbocycles. The molecule has 0 radical (unpaired) electrons. The van der Waals surface area contributed by atoms with E-state index in [0.29, 0.717) is 54.2 Å². The second kappa shape index (κ2) is 14.8. The summed E-state index contributed by atoms with van der Waals surface area (Å²) in [5, 5.41) is 9.25. The second-order valence-electron chi connectivity index (χ2n) is 11.5. The highest BCUT2D eigenvalue weighted by Gasteiger charge is 2.30. The van der Waals surface area contributed by atoms with Gasteiger partial charge in [-0.25, -0.2) is 0 Å². The minimum Gasteiger partial charge on any atom is -0.497 e. The smallest absolute Gasteiger partial charge is 0.242 e. The summed E-state index contributed by atoms with van der Waals surface area (Å²) in [5.74, 6) is 1.93. The van der Waals surface area contributed by atoms with Crippen molar-refractivity contribution in [3.05, 3.63) is 75.4 Å². The summed E-state index contributed by atoms with van der Waals surface area (Å²) in [4.78, 5) is 39.5. The van der Waals surface area contributed by atoms with E-state index in [-0.39, 0.29) is 28.8 Å². The highest BCUT2D eigenvalue weighted by atomic mass is 16.5. The molecule has 1 aliphatic rings. The van der Waals surface area contributed by atoms with Crippen LogP contribution in [0.15, 0.2) is 53.3 Å². The van der Waals surface area contributed by atoms with Gasteiger partial charge >= 0.3 is 0 Å². The minimum atomic E-state index is -0.657. The fourth-order valence-corrected chi connectivity index (χ4v) is 5.77. The van der Waals surface area contributed by atoms with E-state index in [4.69, 9.17) is 18.9 Å². The number of hydrogen-bond donors (Lipinski definition) is 3. The molecule has 4 rings (SSSR count). The van der Waals surface area contributed by atoms with Crippen LogP contribution in [-0.2, 0) is 22.6 Å². The van der Waals surface area contributed by atoms with E-state index in [1.165, 1.54) is 6.92 Å². The molecule has 10 nitrogen and oxygen atoms in total. The molecule has 0 unspecified atom stereocenters. The maximum Gasteiger partial charge on any atom is 0.242 e. The third kappa shape index (κ3) is 7.68. The SMILES string of the molecule is COc1ccc(CNC(=O)[C@H](CC(C)C)Nc2ccc3c(cc2=O)[C@@H](NC(C)=O)CCc2cc(OC)c(OC)c(OC)c2-3)cc1. The van der Waals surface area contributed by atoms with Crippen LogP contribution in [0.1, 0.15) is 56.3 Å². The van der Waals surface area contributed by atoms with Crippen molar-refractivity contribution >= 4 is 17.5 Å². The lowest BCUT2D eigenvalue weighted by atomic mass is 9.95. The first kappa shape index (κ1) is 33.2. The van der Waals surface area contributed by atoms with Crippen LogP contribution in [0.4, 0.5) is 5.69 Å². The third-order valence-corrected chi connectivity index (χ3v) is 7.90. The Kier molecular flexibility index (Phi) is 10.9. The van der Waals surface area contributed by atoms with Crippen molar-refractivity contribution in [1.29, 1.82) is 0 Å². The zero-order valence-electron chi connectivity index (χ0n) is 27.0. The van der Waals surface area contributed by atoms with Crippen LogP contribution in [-0.4, -0.2) is 46.3 Å². The molecule has 0 aliphatic heterocycles. The van der Waals surface area contributed by atoms with E-state index in [1.807, 2.05) is 50.2 Å². The highest BCUT2D eigenvalue weighted by Crippen LogP contribution is 2.50. The van der Waals surface area contributed by atoms with Gasteiger partial charge in [0, 0.05) is 19.0 Å². The van der Waals surface area contributed by atoms with Crippen LogP contribution in [0.2, 0.25) is 0 Å². The number of methoxy groups -OCH3 is 4. The monoisotopic (exact) mass is 617 g/mol. The molecule has 1 aliphatic carbocycles. The first-order valence-corrected chi connectivity index (χ1v) is 15.0. The van der Waals surface area contributed by atoms with E-state index in [9.17, 15) is 14.4 Å².